The number of fused-ring (bicyclic) bond motifs is 1. The minimum Gasteiger partial charge on any atom is -0.480 e. The highest BCUT2D eigenvalue weighted by Crippen LogP contribution is 2.44. The van der Waals surface area contributed by atoms with E-state index in [0.717, 1.165) is 9.80 Å². The molecule has 1 aromatic carbocycles. The molecule has 1 fully saturated rings. The zero-order chi connectivity index (χ0) is 16.7. The fourth-order valence-electron chi connectivity index (χ4n) is 2.61. The number of thioether (sulfide) groups is 1. The molecule has 3 rings (SSSR count). The molecule has 8 heteroatoms. The first-order chi connectivity index (χ1) is 11.0. The lowest BCUT2D eigenvalue weighted by atomic mass is 10.1. The van der Waals surface area contributed by atoms with Crippen LogP contribution in [0, 0.1) is 0 Å². The highest BCUT2D eigenvalue weighted by atomic mass is 32.2. The molecule has 3 amide bonds. The Bertz CT molecular complexity index is 786. The number of amides is 3. The molecular weight excluding hydrogens is 320 g/mol. The molecule has 7 nitrogen and oxygen atoms in total. The van der Waals surface area contributed by atoms with Gasteiger partial charge < -0.3 is 5.11 Å². The number of carboxylic acids is 1. The van der Waals surface area contributed by atoms with Gasteiger partial charge in [-0.2, -0.15) is 0 Å². The fraction of sp³-hybridized carbons (Fsp3) is 0.200. The molecule has 0 bridgehead atoms. The molecule has 0 aromatic heterocycles. The summed E-state index contributed by atoms with van der Waals surface area (Å²) in [6, 6.07) is 6.64. The lowest BCUT2D eigenvalue weighted by Crippen LogP contribution is -2.32. The van der Waals surface area contributed by atoms with Crippen LogP contribution >= 0.6 is 11.8 Å². The first kappa shape index (κ1) is 15.3. The van der Waals surface area contributed by atoms with Crippen molar-refractivity contribution >= 4 is 46.0 Å². The van der Waals surface area contributed by atoms with Crippen LogP contribution in [0.4, 0.5) is 10.5 Å². The van der Waals surface area contributed by atoms with Crippen LogP contribution in [0.15, 0.2) is 29.2 Å². The summed E-state index contributed by atoms with van der Waals surface area (Å²) in [6.07, 6.45) is 0. The molecule has 118 valence electrons. The third kappa shape index (κ3) is 2.31. The molecule has 2 aliphatic rings. The van der Waals surface area contributed by atoms with Gasteiger partial charge in [0.15, 0.2) is 0 Å². The SMILES string of the molecule is CCN1C(=O)S/C(=C2\C(=O)N(CC(=O)O)c3ccccc32)C1=O. The van der Waals surface area contributed by atoms with Gasteiger partial charge in [-0.15, -0.1) is 0 Å². The summed E-state index contributed by atoms with van der Waals surface area (Å²) in [4.78, 5) is 50.1. The molecule has 1 N–H and O–H groups in total. The minimum absolute atomic E-state index is 0.0576. The van der Waals surface area contributed by atoms with Crippen LogP contribution in [0.2, 0.25) is 0 Å². The Balaban J connectivity index is 2.16. The molecule has 0 aliphatic carbocycles. The molecule has 0 unspecified atom stereocenters. The Morgan fingerprint density at radius 3 is 2.43 bits per heavy atom. The largest absolute Gasteiger partial charge is 0.480 e. The van der Waals surface area contributed by atoms with E-state index >= 15 is 0 Å². The van der Waals surface area contributed by atoms with Crippen LogP contribution in [0.5, 0.6) is 0 Å². The molecule has 1 aromatic rings. The smallest absolute Gasteiger partial charge is 0.323 e. The number of rotatable bonds is 3. The lowest BCUT2D eigenvalue weighted by molar-refractivity contribution is -0.136. The monoisotopic (exact) mass is 332 g/mol. The molecule has 0 atom stereocenters. The summed E-state index contributed by atoms with van der Waals surface area (Å²) in [5.74, 6) is -2.25. The molecule has 2 heterocycles. The van der Waals surface area contributed by atoms with E-state index in [9.17, 15) is 19.2 Å². The Morgan fingerprint density at radius 1 is 1.13 bits per heavy atom. The number of aliphatic carboxylic acids is 1. The van der Waals surface area contributed by atoms with Gasteiger partial charge in [-0.05, 0) is 24.8 Å². The van der Waals surface area contributed by atoms with E-state index in [4.69, 9.17) is 5.11 Å². The summed E-state index contributed by atoms with van der Waals surface area (Å²) in [5, 5.41) is 8.57. The predicted octanol–water partition coefficient (Wildman–Crippen LogP) is 1.54. The minimum atomic E-state index is -1.16. The van der Waals surface area contributed by atoms with Crippen molar-refractivity contribution in [3.63, 3.8) is 0 Å². The molecule has 1 saturated heterocycles. The van der Waals surface area contributed by atoms with Crippen molar-refractivity contribution in [2.75, 3.05) is 18.0 Å². The van der Waals surface area contributed by atoms with E-state index in [1.54, 1.807) is 31.2 Å². The lowest BCUT2D eigenvalue weighted by Gasteiger charge is -2.13. The number of hydrogen-bond acceptors (Lipinski definition) is 5. The normalized spacial score (nSPS) is 20.5. The number of nitrogens with zero attached hydrogens (tertiary/aromatic N) is 2. The second kappa shape index (κ2) is 5.54. The van der Waals surface area contributed by atoms with Gasteiger partial charge >= 0.3 is 5.97 Å². The van der Waals surface area contributed by atoms with Crippen molar-refractivity contribution in [1.82, 2.24) is 4.90 Å². The third-order valence-electron chi connectivity index (χ3n) is 3.61. The second-order valence-electron chi connectivity index (χ2n) is 4.92. The number of carboxylic acid groups (broad SMARTS) is 1. The number of anilines is 1. The van der Waals surface area contributed by atoms with Gasteiger partial charge in [0.2, 0.25) is 0 Å². The van der Waals surface area contributed by atoms with E-state index in [-0.39, 0.29) is 17.0 Å². The molecule has 0 saturated carbocycles. The average Bonchev–Trinajstić information content (AvgIpc) is 2.93. The van der Waals surface area contributed by atoms with Crippen molar-refractivity contribution in [3.05, 3.63) is 34.7 Å². The summed E-state index contributed by atoms with van der Waals surface area (Å²) in [5.41, 5.74) is 1.000. The van der Waals surface area contributed by atoms with E-state index in [1.165, 1.54) is 0 Å². The Labute approximate surface area is 135 Å². The van der Waals surface area contributed by atoms with E-state index in [2.05, 4.69) is 0 Å². The maximum Gasteiger partial charge on any atom is 0.323 e. The maximum atomic E-state index is 12.6. The van der Waals surface area contributed by atoms with Gasteiger partial charge in [-0.25, -0.2) is 0 Å². The topological polar surface area (TPSA) is 95.0 Å². The number of carbonyl (C=O) groups is 4. The van der Waals surface area contributed by atoms with Gasteiger partial charge in [0.1, 0.15) is 6.54 Å². The van der Waals surface area contributed by atoms with Crippen LogP contribution in [0.3, 0.4) is 0 Å². The first-order valence-corrected chi connectivity index (χ1v) is 7.68. The molecule has 0 spiro atoms. The standard InChI is InChI=1S/C15H12N2O5S/c1-2-16-14(21)12(23-15(16)22)11-8-5-3-4-6-9(8)17(13(11)20)7-10(18)19/h3-6H,2,7H2,1H3,(H,18,19)/b12-11-. The zero-order valence-electron chi connectivity index (χ0n) is 12.1. The van der Waals surface area contributed by atoms with E-state index < -0.39 is 29.6 Å². The van der Waals surface area contributed by atoms with E-state index in [1.807, 2.05) is 0 Å². The van der Waals surface area contributed by atoms with Crippen molar-refractivity contribution in [1.29, 1.82) is 0 Å². The van der Waals surface area contributed by atoms with Crippen molar-refractivity contribution in [2.24, 2.45) is 0 Å². The quantitative estimate of drug-likeness (QED) is 0.844. The molecule has 23 heavy (non-hydrogen) atoms. The molecule has 2 aliphatic heterocycles. The fourth-order valence-corrected chi connectivity index (χ4v) is 3.61. The summed E-state index contributed by atoms with van der Waals surface area (Å²) >= 11 is 0.714. The van der Waals surface area contributed by atoms with Crippen LogP contribution in [0.25, 0.3) is 5.57 Å². The number of para-hydroxylation sites is 1. The van der Waals surface area contributed by atoms with Gasteiger partial charge in [-0.3, -0.25) is 29.0 Å². The number of likely N-dealkylation sites (N-methyl/N-ethyl adjacent to an activating group) is 1. The van der Waals surface area contributed by atoms with Crippen molar-refractivity contribution in [2.45, 2.75) is 6.92 Å². The zero-order valence-corrected chi connectivity index (χ0v) is 12.9. The summed E-state index contributed by atoms with van der Waals surface area (Å²) in [7, 11) is 0. The molecule has 0 radical (unpaired) electrons. The number of imide groups is 1. The Kier molecular flexibility index (Phi) is 3.69. The summed E-state index contributed by atoms with van der Waals surface area (Å²) < 4.78 is 0. The number of benzene rings is 1. The predicted molar refractivity (Wildman–Crippen MR) is 83.7 cm³/mol. The van der Waals surface area contributed by atoms with Crippen molar-refractivity contribution < 1.29 is 24.3 Å². The van der Waals surface area contributed by atoms with Gasteiger partial charge in [0.05, 0.1) is 16.2 Å². The van der Waals surface area contributed by atoms with Crippen LogP contribution in [-0.2, 0) is 14.4 Å². The average molecular weight is 332 g/mol. The van der Waals surface area contributed by atoms with Crippen LogP contribution in [0.1, 0.15) is 12.5 Å². The summed E-state index contributed by atoms with van der Waals surface area (Å²) in [6.45, 7) is 1.39. The highest BCUT2D eigenvalue weighted by Gasteiger charge is 2.43. The third-order valence-corrected chi connectivity index (χ3v) is 4.59. The van der Waals surface area contributed by atoms with E-state index in [0.29, 0.717) is 23.0 Å². The first-order valence-electron chi connectivity index (χ1n) is 6.86. The van der Waals surface area contributed by atoms with Crippen molar-refractivity contribution in [3.8, 4) is 0 Å². The second-order valence-corrected chi connectivity index (χ2v) is 5.89. The number of carbonyl (C=O) groups excluding carboxylic acids is 3. The van der Waals surface area contributed by atoms with Crippen LogP contribution in [-0.4, -0.2) is 46.1 Å². The van der Waals surface area contributed by atoms with Crippen LogP contribution < -0.4 is 4.90 Å². The van der Waals surface area contributed by atoms with Gasteiger partial charge in [-0.1, -0.05) is 18.2 Å². The maximum absolute atomic E-state index is 12.6. The molecular formula is C15H12N2O5S. The number of hydrogen-bond donors (Lipinski definition) is 1. The van der Waals surface area contributed by atoms with Gasteiger partial charge in [0, 0.05) is 12.1 Å². The Morgan fingerprint density at radius 2 is 1.83 bits per heavy atom. The van der Waals surface area contributed by atoms with Gasteiger partial charge in [0.25, 0.3) is 17.1 Å². The highest BCUT2D eigenvalue weighted by molar-refractivity contribution is 8.18. The Hall–Kier alpha value is -2.61.